The smallest absolute Gasteiger partial charge is 0.261 e. The standard InChI is InChI=1S/C14H18ClNO4S/c1-2-20-13-6-5-11(21(15,18)19)9-12(13)14(17)16-8-7-10-3-4-10/h5-6,9-10H,2-4,7-8H2,1H3,(H,16,17). The van der Waals surface area contributed by atoms with Gasteiger partial charge >= 0.3 is 0 Å². The van der Waals surface area contributed by atoms with E-state index in [-0.39, 0.29) is 16.4 Å². The summed E-state index contributed by atoms with van der Waals surface area (Å²) < 4.78 is 28.1. The van der Waals surface area contributed by atoms with Crippen LogP contribution in [0.1, 0.15) is 36.5 Å². The zero-order valence-electron chi connectivity index (χ0n) is 11.8. The maximum Gasteiger partial charge on any atom is 0.261 e. The first-order valence-electron chi connectivity index (χ1n) is 6.91. The van der Waals surface area contributed by atoms with Crippen LogP contribution in [0.4, 0.5) is 0 Å². The Kier molecular flexibility index (Phi) is 5.11. The van der Waals surface area contributed by atoms with Crippen LogP contribution in [0.15, 0.2) is 23.1 Å². The SMILES string of the molecule is CCOc1ccc(S(=O)(=O)Cl)cc1C(=O)NCCC1CC1. The van der Waals surface area contributed by atoms with E-state index in [1.165, 1.54) is 31.0 Å². The van der Waals surface area contributed by atoms with Gasteiger partial charge in [0.25, 0.3) is 15.0 Å². The highest BCUT2D eigenvalue weighted by molar-refractivity contribution is 8.13. The second kappa shape index (κ2) is 6.66. The molecule has 0 aromatic heterocycles. The summed E-state index contributed by atoms with van der Waals surface area (Å²) in [5.74, 6) is 0.720. The molecule has 7 heteroatoms. The first kappa shape index (κ1) is 16.1. The van der Waals surface area contributed by atoms with Crippen molar-refractivity contribution in [2.45, 2.75) is 31.1 Å². The molecule has 0 saturated heterocycles. The molecule has 1 amide bonds. The third kappa shape index (κ3) is 4.61. The molecule has 5 nitrogen and oxygen atoms in total. The first-order chi connectivity index (χ1) is 9.91. The van der Waals surface area contributed by atoms with Crippen molar-refractivity contribution in [3.63, 3.8) is 0 Å². The number of amides is 1. The number of carbonyl (C=O) groups is 1. The lowest BCUT2D eigenvalue weighted by atomic mass is 10.2. The van der Waals surface area contributed by atoms with Crippen molar-refractivity contribution in [3.8, 4) is 5.75 Å². The van der Waals surface area contributed by atoms with Crippen LogP contribution < -0.4 is 10.1 Å². The minimum absolute atomic E-state index is 0.111. The van der Waals surface area contributed by atoms with E-state index in [0.29, 0.717) is 24.8 Å². The molecule has 2 rings (SSSR count). The van der Waals surface area contributed by atoms with Crippen molar-refractivity contribution in [1.29, 1.82) is 0 Å². The Hall–Kier alpha value is -1.27. The molecule has 1 aliphatic rings. The van der Waals surface area contributed by atoms with Gasteiger partial charge in [0.2, 0.25) is 0 Å². The molecule has 1 aliphatic carbocycles. The lowest BCUT2D eigenvalue weighted by molar-refractivity contribution is 0.0948. The molecule has 116 valence electrons. The van der Waals surface area contributed by atoms with E-state index in [4.69, 9.17) is 15.4 Å². The van der Waals surface area contributed by atoms with Crippen LogP contribution in [-0.4, -0.2) is 27.5 Å². The van der Waals surface area contributed by atoms with E-state index < -0.39 is 9.05 Å². The van der Waals surface area contributed by atoms with E-state index in [9.17, 15) is 13.2 Å². The zero-order valence-corrected chi connectivity index (χ0v) is 13.3. The molecular weight excluding hydrogens is 314 g/mol. The van der Waals surface area contributed by atoms with Crippen molar-refractivity contribution in [2.75, 3.05) is 13.2 Å². The summed E-state index contributed by atoms with van der Waals surface area (Å²) in [6.07, 6.45) is 3.39. The van der Waals surface area contributed by atoms with E-state index in [1.807, 2.05) is 0 Å². The summed E-state index contributed by atoms with van der Waals surface area (Å²) in [6, 6.07) is 4.03. The van der Waals surface area contributed by atoms with Gasteiger partial charge in [-0.15, -0.1) is 0 Å². The highest BCUT2D eigenvalue weighted by Crippen LogP contribution is 2.31. The number of hydrogen-bond donors (Lipinski definition) is 1. The number of ether oxygens (including phenoxy) is 1. The van der Waals surface area contributed by atoms with Crippen molar-refractivity contribution in [1.82, 2.24) is 5.32 Å². The van der Waals surface area contributed by atoms with Crippen molar-refractivity contribution in [2.24, 2.45) is 5.92 Å². The van der Waals surface area contributed by atoms with Gasteiger partial charge in [0, 0.05) is 17.2 Å². The van der Waals surface area contributed by atoms with E-state index in [0.717, 1.165) is 6.42 Å². The van der Waals surface area contributed by atoms with Crippen molar-refractivity contribution < 1.29 is 17.9 Å². The largest absolute Gasteiger partial charge is 0.493 e. The fraction of sp³-hybridized carbons (Fsp3) is 0.500. The molecule has 0 atom stereocenters. The van der Waals surface area contributed by atoms with Gasteiger partial charge in [0.05, 0.1) is 17.1 Å². The average Bonchev–Trinajstić information content (AvgIpc) is 3.22. The molecule has 1 N–H and O–H groups in total. The van der Waals surface area contributed by atoms with Crippen LogP contribution in [0, 0.1) is 5.92 Å². The molecule has 0 radical (unpaired) electrons. The van der Waals surface area contributed by atoms with Gasteiger partial charge in [-0.1, -0.05) is 12.8 Å². The Morgan fingerprint density at radius 3 is 2.71 bits per heavy atom. The minimum atomic E-state index is -3.88. The van der Waals surface area contributed by atoms with Crippen LogP contribution in [-0.2, 0) is 9.05 Å². The molecule has 0 spiro atoms. The summed E-state index contributed by atoms with van der Waals surface area (Å²) in [7, 11) is 1.44. The number of halogens is 1. The number of benzene rings is 1. The molecule has 1 fully saturated rings. The molecule has 0 bridgehead atoms. The summed E-state index contributed by atoms with van der Waals surface area (Å²) in [4.78, 5) is 12.1. The Morgan fingerprint density at radius 2 is 2.14 bits per heavy atom. The number of nitrogens with one attached hydrogen (secondary N) is 1. The maximum absolute atomic E-state index is 12.2. The second-order valence-corrected chi connectivity index (χ2v) is 7.58. The third-order valence-electron chi connectivity index (χ3n) is 3.31. The van der Waals surface area contributed by atoms with Crippen LogP contribution in [0.3, 0.4) is 0 Å². The topological polar surface area (TPSA) is 72.5 Å². The van der Waals surface area contributed by atoms with E-state index in [1.54, 1.807) is 6.92 Å². The highest BCUT2D eigenvalue weighted by atomic mass is 35.7. The Bertz CT molecular complexity index is 626. The molecule has 0 aliphatic heterocycles. The molecule has 1 saturated carbocycles. The Morgan fingerprint density at radius 1 is 1.43 bits per heavy atom. The van der Waals surface area contributed by atoms with Crippen LogP contribution in [0.25, 0.3) is 0 Å². The van der Waals surface area contributed by atoms with Gasteiger partial charge < -0.3 is 10.1 Å². The molecule has 0 unspecified atom stereocenters. The molecular formula is C14H18ClNO4S. The van der Waals surface area contributed by atoms with Gasteiger partial charge in [0.1, 0.15) is 5.75 Å². The van der Waals surface area contributed by atoms with Crippen molar-refractivity contribution in [3.05, 3.63) is 23.8 Å². The van der Waals surface area contributed by atoms with E-state index >= 15 is 0 Å². The van der Waals surface area contributed by atoms with E-state index in [2.05, 4.69) is 5.32 Å². The molecule has 21 heavy (non-hydrogen) atoms. The number of carbonyl (C=O) groups excluding carboxylic acids is 1. The fourth-order valence-electron chi connectivity index (χ4n) is 2.01. The van der Waals surface area contributed by atoms with Gasteiger partial charge in [-0.2, -0.15) is 0 Å². The Balaban J connectivity index is 2.17. The number of rotatable bonds is 7. The van der Waals surface area contributed by atoms with Gasteiger partial charge in [-0.05, 0) is 37.5 Å². The minimum Gasteiger partial charge on any atom is -0.493 e. The van der Waals surface area contributed by atoms with Gasteiger partial charge in [-0.25, -0.2) is 8.42 Å². The van der Waals surface area contributed by atoms with Crippen molar-refractivity contribution >= 4 is 25.6 Å². The first-order valence-corrected chi connectivity index (χ1v) is 9.22. The predicted octanol–water partition coefficient (Wildman–Crippen LogP) is 2.54. The second-order valence-electron chi connectivity index (χ2n) is 5.02. The quantitative estimate of drug-likeness (QED) is 0.779. The van der Waals surface area contributed by atoms with Crippen LogP contribution >= 0.6 is 10.7 Å². The van der Waals surface area contributed by atoms with Crippen LogP contribution in [0.5, 0.6) is 5.75 Å². The monoisotopic (exact) mass is 331 g/mol. The van der Waals surface area contributed by atoms with Gasteiger partial charge in [0.15, 0.2) is 0 Å². The van der Waals surface area contributed by atoms with Crippen LogP contribution in [0.2, 0.25) is 0 Å². The lowest BCUT2D eigenvalue weighted by Crippen LogP contribution is -2.25. The lowest BCUT2D eigenvalue weighted by Gasteiger charge is -2.11. The number of hydrogen-bond acceptors (Lipinski definition) is 4. The average molecular weight is 332 g/mol. The summed E-state index contributed by atoms with van der Waals surface area (Å²) in [5, 5.41) is 2.79. The molecule has 1 aromatic rings. The Labute approximate surface area is 129 Å². The molecule has 0 heterocycles. The maximum atomic E-state index is 12.2. The third-order valence-corrected chi connectivity index (χ3v) is 4.66. The normalized spacial score (nSPS) is 14.8. The predicted molar refractivity (Wildman–Crippen MR) is 80.3 cm³/mol. The highest BCUT2D eigenvalue weighted by Gasteiger charge is 2.22. The molecule has 1 aromatic carbocycles. The summed E-state index contributed by atoms with van der Waals surface area (Å²) >= 11 is 0. The summed E-state index contributed by atoms with van der Waals surface area (Å²) in [6.45, 7) is 2.75. The fourth-order valence-corrected chi connectivity index (χ4v) is 2.79. The summed E-state index contributed by atoms with van der Waals surface area (Å²) in [5.41, 5.74) is 0.189. The zero-order chi connectivity index (χ0) is 15.5. The van der Waals surface area contributed by atoms with Gasteiger partial charge in [-0.3, -0.25) is 4.79 Å².